The molecule has 2 amide bonds. The van der Waals surface area contributed by atoms with Crippen LogP contribution in [0.1, 0.15) is 59.6 Å². The van der Waals surface area contributed by atoms with Gasteiger partial charge in [-0.3, -0.25) is 9.59 Å². The van der Waals surface area contributed by atoms with Gasteiger partial charge in [-0.25, -0.2) is 0 Å². The highest BCUT2D eigenvalue weighted by atomic mass is 79.9. The number of rotatable bonds is 7. The molecule has 2 rings (SSSR count). The van der Waals surface area contributed by atoms with Crippen LogP contribution in [0.25, 0.3) is 0 Å². The van der Waals surface area contributed by atoms with Crippen molar-refractivity contribution in [2.45, 2.75) is 72.0 Å². The van der Waals surface area contributed by atoms with E-state index in [1.807, 2.05) is 51.1 Å². The van der Waals surface area contributed by atoms with Crippen LogP contribution < -0.4 is 10.1 Å². The van der Waals surface area contributed by atoms with E-state index >= 15 is 0 Å². The molecule has 2 aromatic rings. The van der Waals surface area contributed by atoms with Crippen molar-refractivity contribution in [2.75, 3.05) is 6.61 Å². The van der Waals surface area contributed by atoms with E-state index in [-0.39, 0.29) is 30.4 Å². The lowest BCUT2D eigenvalue weighted by atomic mass is 9.87. The molecule has 0 spiro atoms. The highest BCUT2D eigenvalue weighted by Crippen LogP contribution is 2.31. The van der Waals surface area contributed by atoms with Gasteiger partial charge >= 0.3 is 0 Å². The van der Waals surface area contributed by atoms with Crippen LogP contribution in [-0.2, 0) is 21.5 Å². The minimum Gasteiger partial charge on any atom is -0.483 e. The van der Waals surface area contributed by atoms with Gasteiger partial charge in [-0.2, -0.15) is 0 Å². The van der Waals surface area contributed by atoms with Gasteiger partial charge in [-0.05, 0) is 84.4 Å². The fraction of sp³-hybridized carbons (Fsp3) is 0.462. The highest BCUT2D eigenvalue weighted by Gasteiger charge is 2.29. The van der Waals surface area contributed by atoms with Crippen molar-refractivity contribution in [3.63, 3.8) is 0 Å². The molecule has 180 valence electrons. The highest BCUT2D eigenvalue weighted by molar-refractivity contribution is 9.10. The first-order valence-corrected chi connectivity index (χ1v) is 12.1. The number of halogens is 2. The predicted octanol–water partition coefficient (Wildman–Crippen LogP) is 6.11. The van der Waals surface area contributed by atoms with E-state index in [1.54, 1.807) is 19.1 Å². The van der Waals surface area contributed by atoms with Crippen molar-refractivity contribution in [1.82, 2.24) is 10.2 Å². The zero-order chi connectivity index (χ0) is 25.0. The average molecular weight is 538 g/mol. The molecule has 5 nitrogen and oxygen atoms in total. The Morgan fingerprint density at radius 2 is 1.76 bits per heavy atom. The largest absolute Gasteiger partial charge is 0.483 e. The summed E-state index contributed by atoms with van der Waals surface area (Å²) in [4.78, 5) is 27.6. The Balaban J connectivity index is 2.21. The van der Waals surface area contributed by atoms with Gasteiger partial charge in [0.15, 0.2) is 6.61 Å². The van der Waals surface area contributed by atoms with Crippen LogP contribution >= 0.6 is 27.5 Å². The Bertz CT molecular complexity index is 996. The lowest BCUT2D eigenvalue weighted by molar-refractivity contribution is -0.142. The Morgan fingerprint density at radius 3 is 2.30 bits per heavy atom. The van der Waals surface area contributed by atoms with Gasteiger partial charge < -0.3 is 15.0 Å². The maximum Gasteiger partial charge on any atom is 0.261 e. The van der Waals surface area contributed by atoms with Crippen molar-refractivity contribution < 1.29 is 14.3 Å². The predicted molar refractivity (Wildman–Crippen MR) is 138 cm³/mol. The van der Waals surface area contributed by atoms with Crippen molar-refractivity contribution in [2.24, 2.45) is 0 Å². The first-order valence-electron chi connectivity index (χ1n) is 11.0. The normalized spacial score (nSPS) is 12.8. The first kappa shape index (κ1) is 27.2. The number of nitrogens with one attached hydrogen (secondary N) is 1. The summed E-state index contributed by atoms with van der Waals surface area (Å²) in [7, 11) is 0. The van der Waals surface area contributed by atoms with Crippen LogP contribution in [0.15, 0.2) is 46.9 Å². The average Bonchev–Trinajstić information content (AvgIpc) is 2.68. The molecule has 0 aliphatic heterocycles. The molecule has 1 atom stereocenters. The summed E-state index contributed by atoms with van der Waals surface area (Å²) in [6.45, 7) is 13.9. The smallest absolute Gasteiger partial charge is 0.261 e. The van der Waals surface area contributed by atoms with Gasteiger partial charge in [-0.1, -0.05) is 50.6 Å². The van der Waals surface area contributed by atoms with Gasteiger partial charge in [-0.15, -0.1) is 0 Å². The second kappa shape index (κ2) is 10.9. The van der Waals surface area contributed by atoms with E-state index in [0.717, 1.165) is 15.6 Å². The van der Waals surface area contributed by atoms with Crippen LogP contribution in [0.2, 0.25) is 5.02 Å². The summed E-state index contributed by atoms with van der Waals surface area (Å²) in [5.74, 6) is 0.0535. The quantitative estimate of drug-likeness (QED) is 0.463. The zero-order valence-electron chi connectivity index (χ0n) is 20.5. The Labute approximate surface area is 211 Å². The SMILES string of the molecule is C[C@@H](C(=O)NC(C)(C)C)N(Cc1cccc(Cl)c1)C(=O)COc1ccc(C(C)(C)C)cc1Br. The van der Waals surface area contributed by atoms with Gasteiger partial charge in [0, 0.05) is 17.1 Å². The van der Waals surface area contributed by atoms with Crippen LogP contribution in [0.4, 0.5) is 0 Å². The summed E-state index contributed by atoms with van der Waals surface area (Å²) in [6.07, 6.45) is 0. The van der Waals surface area contributed by atoms with Crippen LogP contribution in [0.3, 0.4) is 0 Å². The second-order valence-electron chi connectivity index (χ2n) is 10.3. The van der Waals surface area contributed by atoms with E-state index in [9.17, 15) is 9.59 Å². The van der Waals surface area contributed by atoms with Crippen molar-refractivity contribution in [1.29, 1.82) is 0 Å². The van der Waals surface area contributed by atoms with Gasteiger partial charge in [0.25, 0.3) is 5.91 Å². The van der Waals surface area contributed by atoms with E-state index in [1.165, 1.54) is 4.90 Å². The minimum absolute atomic E-state index is 0.000470. The maximum absolute atomic E-state index is 13.2. The summed E-state index contributed by atoms with van der Waals surface area (Å²) in [6, 6.07) is 12.4. The minimum atomic E-state index is -0.689. The van der Waals surface area contributed by atoms with E-state index in [0.29, 0.717) is 10.8 Å². The van der Waals surface area contributed by atoms with E-state index in [4.69, 9.17) is 16.3 Å². The Morgan fingerprint density at radius 1 is 1.09 bits per heavy atom. The van der Waals surface area contributed by atoms with E-state index < -0.39 is 11.6 Å². The molecule has 0 unspecified atom stereocenters. The molecular weight excluding hydrogens is 504 g/mol. The molecule has 0 fully saturated rings. The number of ether oxygens (including phenoxy) is 1. The molecule has 0 radical (unpaired) electrons. The molecule has 0 aliphatic rings. The number of benzene rings is 2. The number of hydrogen-bond acceptors (Lipinski definition) is 3. The fourth-order valence-electron chi connectivity index (χ4n) is 3.20. The molecular formula is C26H34BrClN2O3. The summed E-state index contributed by atoms with van der Waals surface area (Å²) >= 11 is 9.67. The third-order valence-electron chi connectivity index (χ3n) is 5.06. The monoisotopic (exact) mass is 536 g/mol. The number of nitrogens with zero attached hydrogens (tertiary/aromatic N) is 1. The third kappa shape index (κ3) is 8.35. The lowest BCUT2D eigenvalue weighted by Gasteiger charge is -2.31. The van der Waals surface area contributed by atoms with Gasteiger partial charge in [0.2, 0.25) is 5.91 Å². The van der Waals surface area contributed by atoms with E-state index in [2.05, 4.69) is 42.0 Å². The molecule has 0 aliphatic carbocycles. The van der Waals surface area contributed by atoms with Crippen LogP contribution in [-0.4, -0.2) is 34.9 Å². The van der Waals surface area contributed by atoms with Crippen LogP contribution in [0, 0.1) is 0 Å². The standard InChI is InChI=1S/C26H34BrClN2O3/c1-17(24(32)29-26(5,6)7)30(15-18-9-8-10-20(28)13-18)23(31)16-33-22-12-11-19(14-21(22)27)25(2,3)4/h8-14,17H,15-16H2,1-7H3,(H,29,32)/t17-/m0/s1. The number of hydrogen-bond donors (Lipinski definition) is 1. The summed E-state index contributed by atoms with van der Waals surface area (Å²) in [5, 5.41) is 3.52. The zero-order valence-corrected chi connectivity index (χ0v) is 22.8. The molecule has 0 saturated carbocycles. The molecule has 0 saturated heterocycles. The second-order valence-corrected chi connectivity index (χ2v) is 11.5. The van der Waals surface area contributed by atoms with Gasteiger partial charge in [0.1, 0.15) is 11.8 Å². The Hall–Kier alpha value is -2.05. The number of carbonyl (C=O) groups excluding carboxylic acids is 2. The maximum atomic E-state index is 13.2. The molecule has 0 aromatic heterocycles. The van der Waals surface area contributed by atoms with Crippen molar-refractivity contribution in [3.8, 4) is 5.75 Å². The molecule has 2 aromatic carbocycles. The van der Waals surface area contributed by atoms with Crippen molar-refractivity contribution in [3.05, 3.63) is 63.1 Å². The number of amides is 2. The van der Waals surface area contributed by atoms with Crippen molar-refractivity contribution >= 4 is 39.3 Å². The molecule has 0 heterocycles. The lowest BCUT2D eigenvalue weighted by Crippen LogP contribution is -2.53. The molecule has 0 bridgehead atoms. The summed E-state index contributed by atoms with van der Waals surface area (Å²) < 4.78 is 6.62. The number of carbonyl (C=O) groups is 2. The van der Waals surface area contributed by atoms with Gasteiger partial charge in [0.05, 0.1) is 4.47 Å². The van der Waals surface area contributed by atoms with Crippen LogP contribution in [0.5, 0.6) is 5.75 Å². The summed E-state index contributed by atoms with van der Waals surface area (Å²) in [5.41, 5.74) is 1.58. The molecule has 1 N–H and O–H groups in total. The topological polar surface area (TPSA) is 58.6 Å². The third-order valence-corrected chi connectivity index (χ3v) is 5.91. The molecule has 7 heteroatoms. The fourth-order valence-corrected chi connectivity index (χ4v) is 3.90. The first-order chi connectivity index (χ1) is 15.2. The Kier molecular flexibility index (Phi) is 9.00. The molecule has 33 heavy (non-hydrogen) atoms.